The molecule has 3 heterocycles. The van der Waals surface area contributed by atoms with Crippen LogP contribution >= 0.6 is 35.4 Å². The summed E-state index contributed by atoms with van der Waals surface area (Å²) in [6, 6.07) is 15.1. The maximum absolute atomic E-state index is 13.2. The van der Waals surface area contributed by atoms with Crippen LogP contribution in [0.4, 0.5) is 11.6 Å². The Labute approximate surface area is 228 Å². The second-order valence-corrected chi connectivity index (χ2v) is 10.1. The van der Waals surface area contributed by atoms with Gasteiger partial charge in [0.1, 0.15) is 0 Å². The summed E-state index contributed by atoms with van der Waals surface area (Å²) in [7, 11) is 3.13. The van der Waals surface area contributed by atoms with Crippen LogP contribution in [0.5, 0.6) is 0 Å². The molecule has 0 amide bonds. The molecular weight excluding hydrogens is 533 g/mol. The first-order chi connectivity index (χ1) is 17.7. The maximum Gasteiger partial charge on any atom is 0.332 e. The highest BCUT2D eigenvalue weighted by molar-refractivity contribution is 7.80. The molecule has 37 heavy (non-hydrogen) atoms. The normalized spacial score (nSPS) is 13.8. The Morgan fingerprint density at radius 3 is 2.38 bits per heavy atom. The van der Waals surface area contributed by atoms with Gasteiger partial charge in [0, 0.05) is 45.3 Å². The van der Waals surface area contributed by atoms with Crippen molar-refractivity contribution in [2.75, 3.05) is 36.4 Å². The predicted octanol–water partition coefficient (Wildman–Crippen LogP) is 3.31. The molecule has 0 unspecified atom stereocenters. The van der Waals surface area contributed by atoms with Crippen molar-refractivity contribution >= 4 is 63.3 Å². The molecule has 0 radical (unpaired) electrons. The van der Waals surface area contributed by atoms with E-state index in [9.17, 15) is 9.59 Å². The van der Waals surface area contributed by atoms with E-state index in [4.69, 9.17) is 40.4 Å². The third kappa shape index (κ3) is 4.84. The molecule has 0 bridgehead atoms. The standard InChI is InChI=1S/C25H25Cl2N7O2S/c1-30-21-20(22(35)31(2)25(30)36)34(15-16-6-4-3-5-7-16)23(29-21)32-10-12-33(13-11-32)24(37)28-19-9-8-17(26)14-18(19)27/h3-9,14H,10-13,15H2,1-2H3,(H,28,37). The molecule has 0 atom stereocenters. The van der Waals surface area contributed by atoms with E-state index in [0.29, 0.717) is 70.7 Å². The average molecular weight is 558 g/mol. The second kappa shape index (κ2) is 10.2. The number of anilines is 2. The average Bonchev–Trinajstić information content (AvgIpc) is 3.27. The van der Waals surface area contributed by atoms with E-state index in [0.717, 1.165) is 10.1 Å². The van der Waals surface area contributed by atoms with Crippen molar-refractivity contribution in [2.45, 2.75) is 6.54 Å². The van der Waals surface area contributed by atoms with Crippen molar-refractivity contribution in [2.24, 2.45) is 14.1 Å². The second-order valence-electron chi connectivity index (χ2n) is 8.89. The lowest BCUT2D eigenvalue weighted by Crippen LogP contribution is -2.50. The van der Waals surface area contributed by atoms with Gasteiger partial charge in [-0.1, -0.05) is 53.5 Å². The van der Waals surface area contributed by atoms with Gasteiger partial charge in [0.2, 0.25) is 5.95 Å². The minimum atomic E-state index is -0.407. The van der Waals surface area contributed by atoms with Gasteiger partial charge >= 0.3 is 5.69 Å². The fourth-order valence-corrected chi connectivity index (χ4v) is 5.24. The van der Waals surface area contributed by atoms with Gasteiger partial charge in [-0.3, -0.25) is 18.5 Å². The molecule has 1 fully saturated rings. The quantitative estimate of drug-likeness (QED) is 0.385. The number of benzene rings is 2. The van der Waals surface area contributed by atoms with Crippen LogP contribution in [-0.4, -0.2) is 54.9 Å². The first-order valence-electron chi connectivity index (χ1n) is 11.7. The van der Waals surface area contributed by atoms with Crippen molar-refractivity contribution in [1.29, 1.82) is 0 Å². The highest BCUT2D eigenvalue weighted by atomic mass is 35.5. The van der Waals surface area contributed by atoms with Gasteiger partial charge in [-0.2, -0.15) is 4.98 Å². The smallest absolute Gasteiger partial charge is 0.332 e. The summed E-state index contributed by atoms with van der Waals surface area (Å²) < 4.78 is 4.46. The lowest BCUT2D eigenvalue weighted by atomic mass is 10.2. The van der Waals surface area contributed by atoms with Gasteiger partial charge in [0.15, 0.2) is 16.3 Å². The summed E-state index contributed by atoms with van der Waals surface area (Å²) in [4.78, 5) is 34.8. The summed E-state index contributed by atoms with van der Waals surface area (Å²) in [5.74, 6) is 0.649. The molecule has 0 aliphatic carbocycles. The van der Waals surface area contributed by atoms with Crippen LogP contribution in [0.3, 0.4) is 0 Å². The summed E-state index contributed by atoms with van der Waals surface area (Å²) in [6.45, 7) is 2.99. The van der Waals surface area contributed by atoms with Crippen molar-refractivity contribution in [3.05, 3.63) is 85.0 Å². The number of hydrogen-bond acceptors (Lipinski definition) is 5. The first kappa shape index (κ1) is 25.3. The van der Waals surface area contributed by atoms with Crippen molar-refractivity contribution in [3.63, 3.8) is 0 Å². The maximum atomic E-state index is 13.2. The lowest BCUT2D eigenvalue weighted by Gasteiger charge is -2.37. The molecule has 5 rings (SSSR count). The monoisotopic (exact) mass is 557 g/mol. The van der Waals surface area contributed by atoms with Crippen LogP contribution in [0.1, 0.15) is 5.56 Å². The predicted molar refractivity (Wildman–Crippen MR) is 152 cm³/mol. The number of aryl methyl sites for hydroxylation is 1. The van der Waals surface area contributed by atoms with E-state index < -0.39 is 5.69 Å². The van der Waals surface area contributed by atoms with Crippen molar-refractivity contribution < 1.29 is 0 Å². The molecule has 0 saturated carbocycles. The number of nitrogens with one attached hydrogen (secondary N) is 1. The zero-order valence-electron chi connectivity index (χ0n) is 20.3. The number of hydrogen-bond donors (Lipinski definition) is 1. The Balaban J connectivity index is 1.43. The molecule has 1 N–H and O–H groups in total. The Hall–Kier alpha value is -3.34. The van der Waals surface area contributed by atoms with Crippen LogP contribution in [0.25, 0.3) is 11.2 Å². The molecule has 2 aromatic heterocycles. The molecule has 0 spiro atoms. The summed E-state index contributed by atoms with van der Waals surface area (Å²) >= 11 is 17.9. The molecule has 12 heteroatoms. The van der Waals surface area contributed by atoms with Gasteiger partial charge in [0.25, 0.3) is 5.56 Å². The number of thiocarbonyl (C=S) groups is 1. The Morgan fingerprint density at radius 1 is 1.00 bits per heavy atom. The number of nitrogens with zero attached hydrogens (tertiary/aromatic N) is 6. The highest BCUT2D eigenvalue weighted by Crippen LogP contribution is 2.26. The van der Waals surface area contributed by atoms with E-state index in [1.165, 1.54) is 11.6 Å². The molecule has 1 saturated heterocycles. The number of aromatic nitrogens is 4. The Morgan fingerprint density at radius 2 is 1.70 bits per heavy atom. The number of rotatable bonds is 4. The van der Waals surface area contributed by atoms with Crippen LogP contribution in [0.15, 0.2) is 58.1 Å². The van der Waals surface area contributed by atoms with Gasteiger partial charge in [0.05, 0.1) is 17.3 Å². The summed E-state index contributed by atoms with van der Waals surface area (Å²) in [5, 5.41) is 4.82. The fraction of sp³-hybridized carbons (Fsp3) is 0.280. The van der Waals surface area contributed by atoms with E-state index in [1.807, 2.05) is 34.9 Å². The zero-order chi connectivity index (χ0) is 26.3. The number of piperazine rings is 1. The SMILES string of the molecule is Cn1c(=O)c2c(nc(N3CCN(C(=S)Nc4ccc(Cl)cc4Cl)CC3)n2Cc2ccccc2)n(C)c1=O. The van der Waals surface area contributed by atoms with Gasteiger partial charge in [-0.25, -0.2) is 4.79 Å². The van der Waals surface area contributed by atoms with Gasteiger partial charge in [-0.05, 0) is 36.0 Å². The molecule has 1 aliphatic rings. The van der Waals surface area contributed by atoms with Gasteiger partial charge < -0.3 is 15.1 Å². The highest BCUT2D eigenvalue weighted by Gasteiger charge is 2.26. The number of halogens is 2. The molecule has 192 valence electrons. The van der Waals surface area contributed by atoms with E-state index in [2.05, 4.69) is 15.1 Å². The molecule has 9 nitrogen and oxygen atoms in total. The van der Waals surface area contributed by atoms with Crippen LogP contribution in [0.2, 0.25) is 10.0 Å². The molecular formula is C25H25Cl2N7O2S. The summed E-state index contributed by atoms with van der Waals surface area (Å²) in [5.41, 5.74) is 1.73. The number of imidazole rings is 1. The topological polar surface area (TPSA) is 80.3 Å². The molecule has 1 aliphatic heterocycles. The Kier molecular flexibility index (Phi) is 6.98. The third-order valence-corrected chi connectivity index (χ3v) is 7.44. The zero-order valence-corrected chi connectivity index (χ0v) is 22.6. The molecule has 4 aromatic rings. The Bertz CT molecular complexity index is 1610. The van der Waals surface area contributed by atoms with Crippen LogP contribution in [0, 0.1) is 0 Å². The van der Waals surface area contributed by atoms with Crippen LogP contribution in [-0.2, 0) is 20.6 Å². The molecule has 2 aromatic carbocycles. The minimum absolute atomic E-state index is 0.364. The van der Waals surface area contributed by atoms with Gasteiger partial charge in [-0.15, -0.1) is 0 Å². The van der Waals surface area contributed by atoms with Crippen molar-refractivity contribution in [3.8, 4) is 0 Å². The first-order valence-corrected chi connectivity index (χ1v) is 12.9. The van der Waals surface area contributed by atoms with Crippen LogP contribution < -0.4 is 21.5 Å². The van der Waals surface area contributed by atoms with Crippen molar-refractivity contribution in [1.82, 2.24) is 23.6 Å². The van der Waals surface area contributed by atoms with E-state index in [-0.39, 0.29) is 5.56 Å². The largest absolute Gasteiger partial charge is 0.345 e. The lowest BCUT2D eigenvalue weighted by molar-refractivity contribution is 0.386. The number of fused-ring (bicyclic) bond motifs is 1. The van der Waals surface area contributed by atoms with E-state index in [1.54, 1.807) is 25.2 Å². The van der Waals surface area contributed by atoms with E-state index >= 15 is 0 Å². The third-order valence-electron chi connectivity index (χ3n) is 6.53. The fourth-order valence-electron chi connectivity index (χ4n) is 4.49. The minimum Gasteiger partial charge on any atom is -0.345 e. The summed E-state index contributed by atoms with van der Waals surface area (Å²) in [6.07, 6.45) is 0.